The Labute approximate surface area is 124 Å². The summed E-state index contributed by atoms with van der Waals surface area (Å²) in [6, 6.07) is 2.91. The van der Waals surface area contributed by atoms with Crippen molar-refractivity contribution >= 4 is 33.2 Å². The fourth-order valence-electron chi connectivity index (χ4n) is 1.62. The van der Waals surface area contributed by atoms with Crippen LogP contribution in [0.2, 0.25) is 0 Å². The monoisotopic (exact) mass is 345 g/mol. The Morgan fingerprint density at radius 3 is 2.75 bits per heavy atom. The van der Waals surface area contributed by atoms with Gasteiger partial charge in [-0.2, -0.15) is 0 Å². The summed E-state index contributed by atoms with van der Waals surface area (Å²) >= 11 is 3.27. The van der Waals surface area contributed by atoms with Crippen LogP contribution in [-0.2, 0) is 9.53 Å². The van der Waals surface area contributed by atoms with Crippen molar-refractivity contribution in [1.29, 1.82) is 0 Å². The van der Waals surface area contributed by atoms with Crippen molar-refractivity contribution < 1.29 is 14.5 Å². The first-order valence-electron chi connectivity index (χ1n) is 5.86. The summed E-state index contributed by atoms with van der Waals surface area (Å²) in [5, 5.41) is 13.5. The lowest BCUT2D eigenvalue weighted by Gasteiger charge is -2.13. The highest BCUT2D eigenvalue weighted by atomic mass is 79.9. The van der Waals surface area contributed by atoms with E-state index in [-0.39, 0.29) is 30.7 Å². The first kappa shape index (κ1) is 16.5. The molecular formula is C12H16BrN3O4. The smallest absolute Gasteiger partial charge is 0.274 e. The molecule has 0 radical (unpaired) electrons. The largest absolute Gasteiger partial charge is 0.380 e. The standard InChI is InChI=1S/C12H16BrN3O4/c1-7-3-9(13)10(5-11(7)16(18)19)15-12(17)4-8(6-14)20-2/h3,5,8H,4,6,14H2,1-2H3,(H,15,17). The number of nitro groups is 1. The number of nitrogens with zero attached hydrogens (tertiary/aromatic N) is 1. The zero-order valence-corrected chi connectivity index (χ0v) is 12.8. The van der Waals surface area contributed by atoms with Crippen LogP contribution < -0.4 is 11.1 Å². The molecular weight excluding hydrogens is 330 g/mol. The van der Waals surface area contributed by atoms with Crippen molar-refractivity contribution in [2.24, 2.45) is 5.73 Å². The second-order valence-corrected chi connectivity index (χ2v) is 5.08. The van der Waals surface area contributed by atoms with E-state index in [1.807, 2.05) is 0 Å². The van der Waals surface area contributed by atoms with Gasteiger partial charge in [0.25, 0.3) is 5.69 Å². The Balaban J connectivity index is 2.89. The van der Waals surface area contributed by atoms with E-state index >= 15 is 0 Å². The number of anilines is 1. The van der Waals surface area contributed by atoms with E-state index in [9.17, 15) is 14.9 Å². The number of carbonyl (C=O) groups excluding carboxylic acids is 1. The summed E-state index contributed by atoms with van der Waals surface area (Å²) < 4.78 is 5.59. The fraction of sp³-hybridized carbons (Fsp3) is 0.417. The van der Waals surface area contributed by atoms with Gasteiger partial charge in [-0.05, 0) is 28.9 Å². The third kappa shape index (κ3) is 4.26. The van der Waals surface area contributed by atoms with Crippen molar-refractivity contribution in [3.63, 3.8) is 0 Å². The first-order valence-corrected chi connectivity index (χ1v) is 6.65. The number of hydrogen-bond acceptors (Lipinski definition) is 5. The zero-order chi connectivity index (χ0) is 15.3. The normalized spacial score (nSPS) is 12.0. The molecule has 0 saturated heterocycles. The number of nitrogens with two attached hydrogens (primary N) is 1. The van der Waals surface area contributed by atoms with Gasteiger partial charge in [-0.15, -0.1) is 0 Å². The van der Waals surface area contributed by atoms with Crippen molar-refractivity contribution in [2.75, 3.05) is 19.0 Å². The molecule has 110 valence electrons. The molecule has 0 aromatic heterocycles. The Bertz CT molecular complexity index is 518. The molecule has 1 unspecified atom stereocenters. The van der Waals surface area contributed by atoms with Crippen molar-refractivity contribution in [1.82, 2.24) is 0 Å². The summed E-state index contributed by atoms with van der Waals surface area (Å²) in [6.45, 7) is 1.85. The minimum Gasteiger partial charge on any atom is -0.380 e. The molecule has 0 fully saturated rings. The molecule has 0 aliphatic rings. The predicted molar refractivity (Wildman–Crippen MR) is 78.6 cm³/mol. The molecule has 1 atom stereocenters. The summed E-state index contributed by atoms with van der Waals surface area (Å²) in [6.07, 6.45) is -0.296. The zero-order valence-electron chi connectivity index (χ0n) is 11.2. The van der Waals surface area contributed by atoms with Crippen LogP contribution in [0, 0.1) is 17.0 Å². The lowest BCUT2D eigenvalue weighted by atomic mass is 10.1. The number of rotatable bonds is 6. The van der Waals surface area contributed by atoms with E-state index < -0.39 is 4.92 Å². The van der Waals surface area contributed by atoms with E-state index in [0.717, 1.165) is 0 Å². The quantitative estimate of drug-likeness (QED) is 0.605. The molecule has 1 amide bonds. The molecule has 0 heterocycles. The molecule has 0 saturated carbocycles. The maximum atomic E-state index is 11.8. The van der Waals surface area contributed by atoms with E-state index in [1.54, 1.807) is 13.0 Å². The van der Waals surface area contributed by atoms with Crippen molar-refractivity contribution in [3.8, 4) is 0 Å². The van der Waals surface area contributed by atoms with Gasteiger partial charge in [-0.1, -0.05) is 0 Å². The number of benzene rings is 1. The maximum absolute atomic E-state index is 11.8. The van der Waals surface area contributed by atoms with E-state index in [0.29, 0.717) is 15.7 Å². The number of carbonyl (C=O) groups is 1. The second-order valence-electron chi connectivity index (χ2n) is 4.22. The highest BCUT2D eigenvalue weighted by Gasteiger charge is 2.17. The molecule has 3 N–H and O–H groups in total. The maximum Gasteiger partial charge on any atom is 0.274 e. The predicted octanol–water partition coefficient (Wildman–Crippen LogP) is 1.97. The number of methoxy groups -OCH3 is 1. The van der Waals surface area contributed by atoms with Gasteiger partial charge < -0.3 is 15.8 Å². The highest BCUT2D eigenvalue weighted by molar-refractivity contribution is 9.10. The number of ether oxygens (including phenoxy) is 1. The SMILES string of the molecule is COC(CN)CC(=O)Nc1cc([N+](=O)[O-])c(C)cc1Br. The summed E-state index contributed by atoms with van der Waals surface area (Å²) in [5.74, 6) is -0.318. The van der Waals surface area contributed by atoms with Crippen LogP contribution in [0.3, 0.4) is 0 Å². The van der Waals surface area contributed by atoms with Crippen LogP contribution in [-0.4, -0.2) is 30.6 Å². The molecule has 0 bridgehead atoms. The Hall–Kier alpha value is -1.51. The molecule has 7 nitrogen and oxygen atoms in total. The number of amides is 1. The third-order valence-corrected chi connectivity index (χ3v) is 3.42. The van der Waals surface area contributed by atoms with Crippen LogP contribution in [0.4, 0.5) is 11.4 Å². The summed E-state index contributed by atoms with van der Waals surface area (Å²) in [7, 11) is 1.47. The average Bonchev–Trinajstić information content (AvgIpc) is 2.38. The Morgan fingerprint density at radius 2 is 2.25 bits per heavy atom. The first-order chi connectivity index (χ1) is 9.38. The van der Waals surface area contributed by atoms with Crippen LogP contribution in [0.15, 0.2) is 16.6 Å². The average molecular weight is 346 g/mol. The van der Waals surface area contributed by atoms with Gasteiger partial charge in [0.05, 0.1) is 23.1 Å². The van der Waals surface area contributed by atoms with Crippen molar-refractivity contribution in [2.45, 2.75) is 19.4 Å². The van der Waals surface area contributed by atoms with Gasteiger partial charge in [0.2, 0.25) is 5.91 Å². The lowest BCUT2D eigenvalue weighted by Crippen LogP contribution is -2.28. The number of nitro benzene ring substituents is 1. The van der Waals surface area contributed by atoms with Gasteiger partial charge in [-0.25, -0.2) is 0 Å². The molecule has 1 aromatic carbocycles. The van der Waals surface area contributed by atoms with Crippen LogP contribution >= 0.6 is 15.9 Å². The minimum atomic E-state index is -0.491. The number of hydrogen-bond donors (Lipinski definition) is 2. The molecule has 20 heavy (non-hydrogen) atoms. The van der Waals surface area contributed by atoms with Gasteiger partial charge in [0.1, 0.15) is 0 Å². The Kier molecular flexibility index (Phi) is 6.05. The summed E-state index contributed by atoms with van der Waals surface area (Å²) in [5.41, 5.74) is 6.24. The third-order valence-electron chi connectivity index (χ3n) is 2.77. The van der Waals surface area contributed by atoms with E-state index in [1.165, 1.54) is 13.2 Å². The summed E-state index contributed by atoms with van der Waals surface area (Å²) in [4.78, 5) is 22.2. The lowest BCUT2D eigenvalue weighted by molar-refractivity contribution is -0.385. The highest BCUT2D eigenvalue weighted by Crippen LogP contribution is 2.30. The molecule has 0 aliphatic carbocycles. The van der Waals surface area contributed by atoms with Gasteiger partial charge >= 0.3 is 0 Å². The number of halogens is 1. The fourth-order valence-corrected chi connectivity index (χ4v) is 2.18. The topological polar surface area (TPSA) is 107 Å². The molecule has 8 heteroatoms. The minimum absolute atomic E-state index is 0.0504. The van der Waals surface area contributed by atoms with Gasteiger partial charge in [0, 0.05) is 29.8 Å². The Morgan fingerprint density at radius 1 is 1.60 bits per heavy atom. The molecule has 0 aliphatic heterocycles. The molecule has 1 aromatic rings. The van der Waals surface area contributed by atoms with Crippen molar-refractivity contribution in [3.05, 3.63) is 32.3 Å². The van der Waals surface area contributed by atoms with E-state index in [2.05, 4.69) is 21.2 Å². The van der Waals surface area contributed by atoms with Gasteiger partial charge in [0.15, 0.2) is 0 Å². The van der Waals surface area contributed by atoms with E-state index in [4.69, 9.17) is 10.5 Å². The molecule has 1 rings (SSSR count). The second kappa shape index (κ2) is 7.32. The van der Waals surface area contributed by atoms with Gasteiger partial charge in [-0.3, -0.25) is 14.9 Å². The number of aryl methyl sites for hydroxylation is 1. The van der Waals surface area contributed by atoms with Crippen LogP contribution in [0.25, 0.3) is 0 Å². The van der Waals surface area contributed by atoms with Crippen LogP contribution in [0.1, 0.15) is 12.0 Å². The number of nitrogens with one attached hydrogen (secondary N) is 1. The van der Waals surface area contributed by atoms with Crippen LogP contribution in [0.5, 0.6) is 0 Å². The molecule has 0 spiro atoms.